The molecule has 2 aromatic carbocycles. The summed E-state index contributed by atoms with van der Waals surface area (Å²) in [6.45, 7) is 1.96. The summed E-state index contributed by atoms with van der Waals surface area (Å²) in [4.78, 5) is 0. The number of nitrogens with one attached hydrogen (secondary N) is 2. The van der Waals surface area contributed by atoms with Gasteiger partial charge in [-0.1, -0.05) is 36.5 Å². The van der Waals surface area contributed by atoms with Crippen molar-refractivity contribution in [3.05, 3.63) is 52.5 Å². The van der Waals surface area contributed by atoms with Gasteiger partial charge in [0.1, 0.15) is 0 Å². The van der Waals surface area contributed by atoms with Gasteiger partial charge in [-0.15, -0.1) is 0 Å². The molecular weight excluding hydrogens is 355 g/mol. The predicted octanol–water partition coefficient (Wildman–Crippen LogP) is 5.28. The van der Waals surface area contributed by atoms with Gasteiger partial charge in [-0.3, -0.25) is 4.72 Å². The maximum Gasteiger partial charge on any atom is 0.232 e. The Morgan fingerprint density at radius 1 is 1.00 bits per heavy atom. The first-order chi connectivity index (χ1) is 10.9. The van der Waals surface area contributed by atoms with Crippen LogP contribution < -0.4 is 10.0 Å². The molecule has 23 heavy (non-hydrogen) atoms. The lowest BCUT2D eigenvalue weighted by Gasteiger charge is -2.11. The fourth-order valence-corrected chi connectivity index (χ4v) is 3.65. The topological polar surface area (TPSA) is 58.2 Å². The van der Waals surface area contributed by atoms with Crippen LogP contribution >= 0.6 is 23.2 Å². The molecule has 0 aromatic heterocycles. The first-order valence-corrected chi connectivity index (χ1v) is 9.63. The highest BCUT2D eigenvalue weighted by molar-refractivity contribution is 7.92. The second-order valence-electron chi connectivity index (χ2n) is 5.10. The molecule has 0 aliphatic heterocycles. The molecule has 0 aliphatic rings. The minimum atomic E-state index is -3.29. The van der Waals surface area contributed by atoms with Crippen LogP contribution in [0.2, 0.25) is 10.0 Å². The van der Waals surface area contributed by atoms with E-state index in [-0.39, 0.29) is 5.75 Å². The van der Waals surface area contributed by atoms with Gasteiger partial charge in [0.05, 0.1) is 16.5 Å². The molecule has 2 rings (SSSR count). The summed E-state index contributed by atoms with van der Waals surface area (Å²) in [7, 11) is -3.29. The van der Waals surface area contributed by atoms with E-state index in [1.807, 2.05) is 6.92 Å². The van der Waals surface area contributed by atoms with Gasteiger partial charge in [0.2, 0.25) is 10.0 Å². The average Bonchev–Trinajstić information content (AvgIpc) is 2.50. The van der Waals surface area contributed by atoms with Gasteiger partial charge < -0.3 is 5.32 Å². The molecule has 0 fully saturated rings. The fourth-order valence-electron chi connectivity index (χ4n) is 1.93. The van der Waals surface area contributed by atoms with Crippen LogP contribution in [0.4, 0.5) is 17.1 Å². The van der Waals surface area contributed by atoms with Crippen LogP contribution in [0.1, 0.15) is 19.8 Å². The summed E-state index contributed by atoms with van der Waals surface area (Å²) < 4.78 is 26.3. The molecule has 0 amide bonds. The van der Waals surface area contributed by atoms with E-state index in [1.54, 1.807) is 42.5 Å². The van der Waals surface area contributed by atoms with E-state index in [2.05, 4.69) is 10.0 Å². The third-order valence-corrected chi connectivity index (χ3v) is 5.06. The predicted molar refractivity (Wildman–Crippen MR) is 98.5 cm³/mol. The van der Waals surface area contributed by atoms with Gasteiger partial charge in [-0.25, -0.2) is 8.42 Å². The highest BCUT2D eigenvalue weighted by Gasteiger charge is 2.09. The van der Waals surface area contributed by atoms with Crippen LogP contribution in [0.3, 0.4) is 0 Å². The van der Waals surface area contributed by atoms with E-state index >= 15 is 0 Å². The normalized spacial score (nSPS) is 11.3. The highest BCUT2D eigenvalue weighted by atomic mass is 35.5. The van der Waals surface area contributed by atoms with E-state index in [1.165, 1.54) is 0 Å². The SMILES string of the molecule is CCCCS(=O)(=O)Nc1ccc(Nc2ccc(Cl)cc2Cl)cc1. The first-order valence-electron chi connectivity index (χ1n) is 7.22. The Balaban J connectivity index is 2.05. The minimum Gasteiger partial charge on any atom is -0.354 e. The van der Waals surface area contributed by atoms with Crippen LogP contribution in [0, 0.1) is 0 Å². The summed E-state index contributed by atoms with van der Waals surface area (Å²) in [5, 5.41) is 4.24. The van der Waals surface area contributed by atoms with Crippen molar-refractivity contribution in [2.75, 3.05) is 15.8 Å². The molecule has 2 N–H and O–H groups in total. The van der Waals surface area contributed by atoms with Gasteiger partial charge in [-0.05, 0) is 48.9 Å². The van der Waals surface area contributed by atoms with E-state index in [0.717, 1.165) is 17.8 Å². The summed E-state index contributed by atoms with van der Waals surface area (Å²) in [5.74, 6) is 0.129. The molecule has 0 heterocycles. The Kier molecular flexibility index (Phi) is 6.16. The number of sulfonamides is 1. The first kappa shape index (κ1) is 17.9. The molecule has 2 aromatic rings. The maximum atomic E-state index is 11.9. The molecule has 0 bridgehead atoms. The average molecular weight is 373 g/mol. The van der Waals surface area contributed by atoms with Crippen molar-refractivity contribution in [3.63, 3.8) is 0 Å². The van der Waals surface area contributed by atoms with Crippen LogP contribution in [-0.4, -0.2) is 14.2 Å². The molecule has 0 spiro atoms. The van der Waals surface area contributed by atoms with Crippen LogP contribution in [0.5, 0.6) is 0 Å². The zero-order valence-electron chi connectivity index (χ0n) is 12.6. The second kappa shape index (κ2) is 7.90. The maximum absolute atomic E-state index is 11.9. The smallest absolute Gasteiger partial charge is 0.232 e. The Bertz CT molecular complexity index is 762. The van der Waals surface area contributed by atoms with Gasteiger partial charge in [-0.2, -0.15) is 0 Å². The summed E-state index contributed by atoms with van der Waals surface area (Å²) >= 11 is 12.0. The Labute approximate surface area is 146 Å². The number of rotatable bonds is 7. The molecule has 7 heteroatoms. The monoisotopic (exact) mass is 372 g/mol. The van der Waals surface area contributed by atoms with Crippen molar-refractivity contribution in [2.24, 2.45) is 0 Å². The van der Waals surface area contributed by atoms with Crippen molar-refractivity contribution in [2.45, 2.75) is 19.8 Å². The fraction of sp³-hybridized carbons (Fsp3) is 0.250. The standard InChI is InChI=1S/C16H18Cl2N2O2S/c1-2-3-10-23(21,22)20-14-7-5-13(6-8-14)19-16-9-4-12(17)11-15(16)18/h4-9,11,19-20H,2-3,10H2,1H3. The highest BCUT2D eigenvalue weighted by Crippen LogP contribution is 2.28. The largest absolute Gasteiger partial charge is 0.354 e. The number of hydrogen-bond donors (Lipinski definition) is 2. The summed E-state index contributed by atoms with van der Waals surface area (Å²) in [5.41, 5.74) is 2.06. The van der Waals surface area contributed by atoms with Crippen molar-refractivity contribution in [1.82, 2.24) is 0 Å². The zero-order valence-corrected chi connectivity index (χ0v) is 15.0. The van der Waals surface area contributed by atoms with Crippen LogP contribution in [0.15, 0.2) is 42.5 Å². The number of halogens is 2. The van der Waals surface area contributed by atoms with Crippen molar-refractivity contribution in [3.8, 4) is 0 Å². The third-order valence-electron chi connectivity index (χ3n) is 3.14. The van der Waals surface area contributed by atoms with E-state index in [9.17, 15) is 8.42 Å². The molecule has 0 radical (unpaired) electrons. The van der Waals surface area contributed by atoms with Gasteiger partial charge in [0.15, 0.2) is 0 Å². The molecule has 0 saturated carbocycles. The Morgan fingerprint density at radius 3 is 2.26 bits per heavy atom. The Hall–Kier alpha value is -1.43. The molecule has 4 nitrogen and oxygen atoms in total. The van der Waals surface area contributed by atoms with E-state index in [0.29, 0.717) is 22.2 Å². The molecule has 0 unspecified atom stereocenters. The van der Waals surface area contributed by atoms with Gasteiger partial charge in [0, 0.05) is 16.4 Å². The third kappa shape index (κ3) is 5.61. The number of benzene rings is 2. The van der Waals surface area contributed by atoms with Crippen LogP contribution in [0.25, 0.3) is 0 Å². The quantitative estimate of drug-likeness (QED) is 0.694. The summed E-state index contributed by atoms with van der Waals surface area (Å²) in [6.07, 6.45) is 1.48. The molecular formula is C16H18Cl2N2O2S. The lowest BCUT2D eigenvalue weighted by Crippen LogP contribution is -2.16. The van der Waals surface area contributed by atoms with Crippen molar-refractivity contribution >= 4 is 50.3 Å². The van der Waals surface area contributed by atoms with Crippen molar-refractivity contribution in [1.29, 1.82) is 0 Å². The minimum absolute atomic E-state index is 0.129. The lowest BCUT2D eigenvalue weighted by atomic mass is 10.2. The van der Waals surface area contributed by atoms with Gasteiger partial charge in [0.25, 0.3) is 0 Å². The number of hydrogen-bond acceptors (Lipinski definition) is 3. The van der Waals surface area contributed by atoms with E-state index in [4.69, 9.17) is 23.2 Å². The molecule has 124 valence electrons. The lowest BCUT2D eigenvalue weighted by molar-refractivity contribution is 0.598. The number of unbranched alkanes of at least 4 members (excludes halogenated alkanes) is 1. The molecule has 0 saturated heterocycles. The van der Waals surface area contributed by atoms with E-state index < -0.39 is 10.0 Å². The summed E-state index contributed by atoms with van der Waals surface area (Å²) in [6, 6.07) is 12.1. The van der Waals surface area contributed by atoms with Gasteiger partial charge >= 0.3 is 0 Å². The second-order valence-corrected chi connectivity index (χ2v) is 7.79. The zero-order chi connectivity index (χ0) is 16.9. The van der Waals surface area contributed by atoms with Crippen molar-refractivity contribution < 1.29 is 8.42 Å². The number of anilines is 3. The molecule has 0 aliphatic carbocycles. The molecule has 0 atom stereocenters. The Morgan fingerprint density at radius 2 is 1.65 bits per heavy atom. The van der Waals surface area contributed by atoms with Crippen LogP contribution in [-0.2, 0) is 10.0 Å².